The van der Waals surface area contributed by atoms with Gasteiger partial charge in [0.2, 0.25) is 5.91 Å². The third kappa shape index (κ3) is 8.25. The van der Waals surface area contributed by atoms with Crippen LogP contribution in [0.5, 0.6) is 0 Å². The summed E-state index contributed by atoms with van der Waals surface area (Å²) in [5, 5.41) is 3.78. The number of amides is 1. The predicted octanol–water partition coefficient (Wildman–Crippen LogP) is 1.70. The molecule has 1 amide bonds. The van der Waals surface area contributed by atoms with Gasteiger partial charge in [-0.05, 0) is 19.8 Å². The zero-order valence-corrected chi connectivity index (χ0v) is 9.89. The first-order chi connectivity index (χ1) is 6.20. The number of unbranched alkanes of at least 4 members (excludes halogenated alkanes) is 1. The van der Waals surface area contributed by atoms with Crippen molar-refractivity contribution in [3.8, 4) is 0 Å². The number of carbonyl (C=O) groups excluding carboxylic acids is 1. The molecule has 1 unspecified atom stereocenters. The van der Waals surface area contributed by atoms with Gasteiger partial charge in [0.1, 0.15) is 0 Å². The molecule has 0 aliphatic carbocycles. The third-order valence-electron chi connectivity index (χ3n) is 1.78. The zero-order valence-electron chi connectivity index (χ0n) is 8.31. The molecule has 1 N–H and O–H groups in total. The number of halogens is 1. The van der Waals surface area contributed by atoms with Crippen LogP contribution >= 0.6 is 15.9 Å². The van der Waals surface area contributed by atoms with E-state index >= 15 is 0 Å². The molecular formula is C9H18BrNO2. The van der Waals surface area contributed by atoms with Gasteiger partial charge in [0.15, 0.2) is 0 Å². The Bertz CT molecular complexity index is 142. The van der Waals surface area contributed by atoms with Crippen LogP contribution in [0.3, 0.4) is 0 Å². The quantitative estimate of drug-likeness (QED) is 0.553. The first-order valence-electron chi connectivity index (χ1n) is 4.56. The molecule has 4 heteroatoms. The fourth-order valence-corrected chi connectivity index (χ4v) is 1.21. The summed E-state index contributed by atoms with van der Waals surface area (Å²) in [7, 11) is 1.64. The maximum Gasteiger partial charge on any atom is 0.220 e. The number of carbonyl (C=O) groups is 1. The highest BCUT2D eigenvalue weighted by Crippen LogP contribution is 1.98. The third-order valence-corrected chi connectivity index (χ3v) is 2.34. The van der Waals surface area contributed by atoms with Gasteiger partial charge in [-0.15, -0.1) is 0 Å². The van der Waals surface area contributed by atoms with Crippen molar-refractivity contribution in [1.82, 2.24) is 5.32 Å². The Labute approximate surface area is 88.4 Å². The molecule has 3 nitrogen and oxygen atoms in total. The average molecular weight is 252 g/mol. The molecule has 0 saturated heterocycles. The predicted molar refractivity (Wildman–Crippen MR) is 57.1 cm³/mol. The number of ether oxygens (including phenoxy) is 1. The number of alkyl halides is 1. The van der Waals surface area contributed by atoms with Crippen LogP contribution in [0.2, 0.25) is 0 Å². The van der Waals surface area contributed by atoms with Crippen LogP contribution in [0.25, 0.3) is 0 Å². The molecule has 13 heavy (non-hydrogen) atoms. The normalized spacial score (nSPS) is 12.5. The maximum atomic E-state index is 11.2. The van der Waals surface area contributed by atoms with E-state index in [1.165, 1.54) is 0 Å². The standard InChI is InChI=1S/C9H18BrNO2/c1-8(13-2)7-11-9(12)5-3-4-6-10/h8H,3-7H2,1-2H3,(H,11,12). The summed E-state index contributed by atoms with van der Waals surface area (Å²) in [6.07, 6.45) is 2.70. The summed E-state index contributed by atoms with van der Waals surface area (Å²) in [5.41, 5.74) is 0. The first-order valence-corrected chi connectivity index (χ1v) is 5.68. The van der Waals surface area contributed by atoms with E-state index in [4.69, 9.17) is 4.74 Å². The highest BCUT2D eigenvalue weighted by Gasteiger charge is 2.03. The smallest absolute Gasteiger partial charge is 0.220 e. The number of nitrogens with one attached hydrogen (secondary N) is 1. The van der Waals surface area contributed by atoms with Crippen LogP contribution in [0.15, 0.2) is 0 Å². The molecule has 0 aliphatic heterocycles. The minimum Gasteiger partial charge on any atom is -0.380 e. The highest BCUT2D eigenvalue weighted by molar-refractivity contribution is 9.09. The Morgan fingerprint density at radius 1 is 1.54 bits per heavy atom. The molecule has 0 aliphatic rings. The van der Waals surface area contributed by atoms with Crippen molar-refractivity contribution >= 4 is 21.8 Å². The Kier molecular flexibility index (Phi) is 8.45. The molecule has 0 aromatic rings. The van der Waals surface area contributed by atoms with E-state index in [2.05, 4.69) is 21.2 Å². The summed E-state index contributed by atoms with van der Waals surface area (Å²) >= 11 is 3.32. The lowest BCUT2D eigenvalue weighted by Crippen LogP contribution is -2.31. The Balaban J connectivity index is 3.30. The van der Waals surface area contributed by atoms with E-state index < -0.39 is 0 Å². The second-order valence-electron chi connectivity index (χ2n) is 3.00. The number of methoxy groups -OCH3 is 1. The van der Waals surface area contributed by atoms with Crippen LogP contribution in [0.1, 0.15) is 26.2 Å². The first kappa shape index (κ1) is 12.9. The van der Waals surface area contributed by atoms with Gasteiger partial charge in [0.05, 0.1) is 6.10 Å². The van der Waals surface area contributed by atoms with Crippen molar-refractivity contribution in [1.29, 1.82) is 0 Å². The van der Waals surface area contributed by atoms with Crippen LogP contribution in [0, 0.1) is 0 Å². The van der Waals surface area contributed by atoms with E-state index in [1.807, 2.05) is 6.92 Å². The van der Waals surface area contributed by atoms with Crippen LogP contribution in [0.4, 0.5) is 0 Å². The molecular weight excluding hydrogens is 234 g/mol. The highest BCUT2D eigenvalue weighted by atomic mass is 79.9. The Morgan fingerprint density at radius 2 is 2.23 bits per heavy atom. The van der Waals surface area contributed by atoms with Gasteiger partial charge in [0.25, 0.3) is 0 Å². The molecule has 0 spiro atoms. The molecule has 0 aromatic heterocycles. The van der Waals surface area contributed by atoms with Crippen LogP contribution in [-0.2, 0) is 9.53 Å². The number of hydrogen-bond acceptors (Lipinski definition) is 2. The van der Waals surface area contributed by atoms with Crippen molar-refractivity contribution in [3.05, 3.63) is 0 Å². The molecule has 0 aromatic carbocycles. The Hall–Kier alpha value is -0.0900. The monoisotopic (exact) mass is 251 g/mol. The average Bonchev–Trinajstić information content (AvgIpc) is 2.14. The van der Waals surface area contributed by atoms with Gasteiger partial charge in [0, 0.05) is 25.4 Å². The molecule has 0 radical (unpaired) electrons. The largest absolute Gasteiger partial charge is 0.380 e. The van der Waals surface area contributed by atoms with Crippen LogP contribution < -0.4 is 5.32 Å². The van der Waals surface area contributed by atoms with Crippen molar-refractivity contribution in [2.45, 2.75) is 32.3 Å². The van der Waals surface area contributed by atoms with E-state index in [-0.39, 0.29) is 12.0 Å². The van der Waals surface area contributed by atoms with E-state index in [9.17, 15) is 4.79 Å². The summed E-state index contributed by atoms with van der Waals surface area (Å²) in [6, 6.07) is 0. The van der Waals surface area contributed by atoms with Gasteiger partial charge in [-0.25, -0.2) is 0 Å². The Morgan fingerprint density at radius 3 is 2.77 bits per heavy atom. The van der Waals surface area contributed by atoms with Crippen molar-refractivity contribution in [2.75, 3.05) is 19.0 Å². The van der Waals surface area contributed by atoms with Crippen LogP contribution in [-0.4, -0.2) is 31.0 Å². The minimum absolute atomic E-state index is 0.0973. The molecule has 78 valence electrons. The fraction of sp³-hybridized carbons (Fsp3) is 0.889. The summed E-state index contributed by atoms with van der Waals surface area (Å²) in [4.78, 5) is 11.2. The molecule has 0 rings (SSSR count). The molecule has 0 bridgehead atoms. The van der Waals surface area contributed by atoms with Crippen molar-refractivity contribution in [3.63, 3.8) is 0 Å². The SMILES string of the molecule is COC(C)CNC(=O)CCCCBr. The summed E-state index contributed by atoms with van der Waals surface area (Å²) in [5.74, 6) is 0.116. The lowest BCUT2D eigenvalue weighted by atomic mass is 10.2. The topological polar surface area (TPSA) is 38.3 Å². The van der Waals surface area contributed by atoms with E-state index in [0.29, 0.717) is 13.0 Å². The lowest BCUT2D eigenvalue weighted by Gasteiger charge is -2.10. The van der Waals surface area contributed by atoms with E-state index in [1.54, 1.807) is 7.11 Å². The van der Waals surface area contributed by atoms with Gasteiger partial charge >= 0.3 is 0 Å². The number of hydrogen-bond donors (Lipinski definition) is 1. The van der Waals surface area contributed by atoms with Gasteiger partial charge < -0.3 is 10.1 Å². The number of rotatable bonds is 7. The molecule has 1 atom stereocenters. The van der Waals surface area contributed by atoms with Crippen molar-refractivity contribution in [2.24, 2.45) is 0 Å². The fourth-order valence-electron chi connectivity index (χ4n) is 0.809. The molecule has 0 fully saturated rings. The summed E-state index contributed by atoms with van der Waals surface area (Å²) < 4.78 is 5.00. The lowest BCUT2D eigenvalue weighted by molar-refractivity contribution is -0.121. The van der Waals surface area contributed by atoms with Gasteiger partial charge in [-0.3, -0.25) is 4.79 Å². The molecule has 0 heterocycles. The van der Waals surface area contributed by atoms with Gasteiger partial charge in [-0.1, -0.05) is 15.9 Å². The maximum absolute atomic E-state index is 11.2. The molecule has 0 saturated carbocycles. The van der Waals surface area contributed by atoms with Gasteiger partial charge in [-0.2, -0.15) is 0 Å². The van der Waals surface area contributed by atoms with Crippen molar-refractivity contribution < 1.29 is 9.53 Å². The zero-order chi connectivity index (χ0) is 10.1. The summed E-state index contributed by atoms with van der Waals surface area (Å²) in [6.45, 7) is 2.53. The minimum atomic E-state index is 0.0973. The van der Waals surface area contributed by atoms with E-state index in [0.717, 1.165) is 18.2 Å². The second-order valence-corrected chi connectivity index (χ2v) is 3.79. The second kappa shape index (κ2) is 8.51.